The summed E-state index contributed by atoms with van der Waals surface area (Å²) in [5, 5.41) is 0. The molecule has 0 aliphatic rings. The van der Waals surface area contributed by atoms with Crippen molar-refractivity contribution in [1.82, 2.24) is 0 Å². The average molecular weight is 305 g/mol. The predicted octanol–water partition coefficient (Wildman–Crippen LogP) is 4.62. The smallest absolute Gasteiger partial charge is 0.151 e. The highest BCUT2D eigenvalue weighted by molar-refractivity contribution is 9.10. The van der Waals surface area contributed by atoms with Crippen molar-refractivity contribution in [2.24, 2.45) is 0 Å². The average Bonchev–Trinajstić information content (AvgIpc) is 2.39. The van der Waals surface area contributed by atoms with E-state index in [9.17, 15) is 4.79 Å². The molecule has 2 aromatic rings. The summed E-state index contributed by atoms with van der Waals surface area (Å²) in [5.41, 5.74) is 1.85. The van der Waals surface area contributed by atoms with Gasteiger partial charge in [0.05, 0.1) is 0 Å². The first-order valence-electron chi connectivity index (χ1n) is 5.74. The molecule has 2 rings (SSSR count). The van der Waals surface area contributed by atoms with Crippen molar-refractivity contribution >= 4 is 22.2 Å². The van der Waals surface area contributed by atoms with Crippen molar-refractivity contribution < 1.29 is 9.53 Å². The summed E-state index contributed by atoms with van der Waals surface area (Å²) in [6, 6.07) is 13.3. The summed E-state index contributed by atoms with van der Waals surface area (Å²) < 4.78 is 6.49. The molecular weight excluding hydrogens is 292 g/mol. The van der Waals surface area contributed by atoms with Crippen molar-refractivity contribution in [1.29, 1.82) is 0 Å². The molecule has 3 heteroatoms. The van der Waals surface area contributed by atoms with E-state index in [1.165, 1.54) is 5.56 Å². The van der Waals surface area contributed by atoms with Crippen molar-refractivity contribution in [2.45, 2.75) is 13.3 Å². The fraction of sp³-hybridized carbons (Fsp3) is 0.133. The van der Waals surface area contributed by atoms with Gasteiger partial charge in [-0.25, -0.2) is 0 Å². The number of hydrogen-bond donors (Lipinski definition) is 0. The Kier molecular flexibility index (Phi) is 4.15. The van der Waals surface area contributed by atoms with Crippen LogP contribution in [-0.2, 0) is 6.42 Å². The lowest BCUT2D eigenvalue weighted by atomic mass is 10.2. The van der Waals surface area contributed by atoms with Crippen molar-refractivity contribution in [3.8, 4) is 11.5 Å². The maximum absolute atomic E-state index is 10.7. The Hall–Kier alpha value is -1.61. The standard InChI is InChI=1S/C15H13BrO2/c1-2-11-4-3-5-13(8-11)18-14-7-6-12(10-17)15(16)9-14/h3-10H,2H2,1H3. The highest BCUT2D eigenvalue weighted by atomic mass is 79.9. The number of rotatable bonds is 4. The van der Waals surface area contributed by atoms with Crippen LogP contribution in [0.25, 0.3) is 0 Å². The third kappa shape index (κ3) is 2.99. The van der Waals surface area contributed by atoms with Crippen LogP contribution < -0.4 is 4.74 Å². The van der Waals surface area contributed by atoms with Crippen LogP contribution >= 0.6 is 15.9 Å². The summed E-state index contributed by atoms with van der Waals surface area (Å²) >= 11 is 3.34. The molecular formula is C15H13BrO2. The van der Waals surface area contributed by atoms with E-state index in [1.54, 1.807) is 18.2 Å². The van der Waals surface area contributed by atoms with E-state index in [-0.39, 0.29) is 0 Å². The third-order valence-corrected chi connectivity index (χ3v) is 3.33. The van der Waals surface area contributed by atoms with Gasteiger partial charge in [0.2, 0.25) is 0 Å². The van der Waals surface area contributed by atoms with Gasteiger partial charge in [0, 0.05) is 10.0 Å². The third-order valence-electron chi connectivity index (χ3n) is 2.64. The SMILES string of the molecule is CCc1cccc(Oc2ccc(C=O)c(Br)c2)c1. The Morgan fingerprint density at radius 3 is 2.61 bits per heavy atom. The normalized spacial score (nSPS) is 10.1. The van der Waals surface area contributed by atoms with Gasteiger partial charge in [0.15, 0.2) is 6.29 Å². The molecule has 0 atom stereocenters. The number of aldehydes is 1. The second-order valence-corrected chi connectivity index (χ2v) is 4.76. The molecule has 0 amide bonds. The number of benzene rings is 2. The van der Waals surface area contributed by atoms with Gasteiger partial charge < -0.3 is 4.74 Å². The van der Waals surface area contributed by atoms with Gasteiger partial charge in [-0.2, -0.15) is 0 Å². The van der Waals surface area contributed by atoms with Crippen LogP contribution in [0.5, 0.6) is 11.5 Å². The Morgan fingerprint density at radius 2 is 1.94 bits per heavy atom. The highest BCUT2D eigenvalue weighted by Gasteiger charge is 2.03. The van der Waals surface area contributed by atoms with E-state index in [1.807, 2.05) is 18.2 Å². The molecule has 0 bridgehead atoms. The molecule has 0 saturated carbocycles. The van der Waals surface area contributed by atoms with Crippen LogP contribution in [0, 0.1) is 0 Å². The molecule has 0 radical (unpaired) electrons. The van der Waals surface area contributed by atoms with E-state index >= 15 is 0 Å². The maximum Gasteiger partial charge on any atom is 0.151 e. The molecule has 18 heavy (non-hydrogen) atoms. The minimum atomic E-state index is 0.615. The van der Waals surface area contributed by atoms with Crippen LogP contribution in [0.4, 0.5) is 0 Å². The fourth-order valence-corrected chi connectivity index (χ4v) is 2.08. The number of ether oxygens (including phenoxy) is 1. The molecule has 0 N–H and O–H groups in total. The Labute approximate surface area is 115 Å². The summed E-state index contributed by atoms with van der Waals surface area (Å²) in [6.45, 7) is 2.11. The molecule has 0 aliphatic carbocycles. The molecule has 0 fully saturated rings. The van der Waals surface area contributed by atoms with Gasteiger partial charge in [-0.15, -0.1) is 0 Å². The second-order valence-electron chi connectivity index (χ2n) is 3.90. The van der Waals surface area contributed by atoms with Crippen molar-refractivity contribution in [2.75, 3.05) is 0 Å². The molecule has 92 valence electrons. The van der Waals surface area contributed by atoms with E-state index in [0.29, 0.717) is 11.3 Å². The molecule has 0 aromatic heterocycles. The zero-order valence-corrected chi connectivity index (χ0v) is 11.6. The molecule has 0 spiro atoms. The van der Waals surface area contributed by atoms with Crippen molar-refractivity contribution in [3.63, 3.8) is 0 Å². The molecule has 2 aromatic carbocycles. The lowest BCUT2D eigenvalue weighted by Gasteiger charge is -2.08. The monoisotopic (exact) mass is 304 g/mol. The van der Waals surface area contributed by atoms with Crippen LogP contribution in [0.2, 0.25) is 0 Å². The Morgan fingerprint density at radius 1 is 1.17 bits per heavy atom. The summed E-state index contributed by atoms with van der Waals surface area (Å²) in [6.07, 6.45) is 1.79. The van der Waals surface area contributed by atoms with Crippen LogP contribution in [-0.4, -0.2) is 6.29 Å². The summed E-state index contributed by atoms with van der Waals surface area (Å²) in [5.74, 6) is 1.51. The number of hydrogen-bond acceptors (Lipinski definition) is 2. The van der Waals surface area contributed by atoms with E-state index in [4.69, 9.17) is 4.74 Å². The van der Waals surface area contributed by atoms with Gasteiger partial charge in [-0.3, -0.25) is 4.79 Å². The highest BCUT2D eigenvalue weighted by Crippen LogP contribution is 2.27. The van der Waals surface area contributed by atoms with Gasteiger partial charge in [-0.1, -0.05) is 19.1 Å². The van der Waals surface area contributed by atoms with Crippen LogP contribution in [0.3, 0.4) is 0 Å². The first-order valence-corrected chi connectivity index (χ1v) is 6.53. The Balaban J connectivity index is 2.22. The van der Waals surface area contributed by atoms with E-state index in [0.717, 1.165) is 22.9 Å². The number of carbonyl (C=O) groups excluding carboxylic acids is 1. The van der Waals surface area contributed by atoms with Gasteiger partial charge in [0.25, 0.3) is 0 Å². The van der Waals surface area contributed by atoms with Crippen LogP contribution in [0.1, 0.15) is 22.8 Å². The lowest BCUT2D eigenvalue weighted by Crippen LogP contribution is -1.88. The van der Waals surface area contributed by atoms with Gasteiger partial charge in [0.1, 0.15) is 11.5 Å². The number of carbonyl (C=O) groups is 1. The zero-order valence-electron chi connectivity index (χ0n) is 10.0. The van der Waals surface area contributed by atoms with E-state index in [2.05, 4.69) is 28.9 Å². The topological polar surface area (TPSA) is 26.3 Å². The largest absolute Gasteiger partial charge is 0.457 e. The maximum atomic E-state index is 10.7. The number of aryl methyl sites for hydroxylation is 1. The first-order chi connectivity index (χ1) is 8.72. The second kappa shape index (κ2) is 5.83. The molecule has 0 saturated heterocycles. The zero-order chi connectivity index (χ0) is 13.0. The summed E-state index contributed by atoms with van der Waals surface area (Å²) in [4.78, 5) is 10.7. The molecule has 0 unspecified atom stereocenters. The molecule has 0 heterocycles. The Bertz CT molecular complexity index is 564. The minimum absolute atomic E-state index is 0.615. The quantitative estimate of drug-likeness (QED) is 0.771. The molecule has 2 nitrogen and oxygen atoms in total. The van der Waals surface area contributed by atoms with Gasteiger partial charge in [-0.05, 0) is 58.2 Å². The van der Waals surface area contributed by atoms with Crippen LogP contribution in [0.15, 0.2) is 46.9 Å². The van der Waals surface area contributed by atoms with E-state index < -0.39 is 0 Å². The fourth-order valence-electron chi connectivity index (χ4n) is 1.63. The first kappa shape index (κ1) is 12.8. The summed E-state index contributed by atoms with van der Waals surface area (Å²) in [7, 11) is 0. The lowest BCUT2D eigenvalue weighted by molar-refractivity contribution is 0.112. The minimum Gasteiger partial charge on any atom is -0.457 e. The van der Waals surface area contributed by atoms with Gasteiger partial charge >= 0.3 is 0 Å². The van der Waals surface area contributed by atoms with Crippen molar-refractivity contribution in [3.05, 3.63) is 58.1 Å². The predicted molar refractivity (Wildman–Crippen MR) is 75.4 cm³/mol. The number of halogens is 1. The molecule has 0 aliphatic heterocycles.